The SMILES string of the molecule is Nc1nc(Cl)cc(C(F)F)c1OC(F)(F)F. The molecule has 0 aliphatic rings. The Bertz CT molecular complexity index is 395. The summed E-state index contributed by atoms with van der Waals surface area (Å²) in [5.74, 6) is -2.08. The number of hydrogen-bond acceptors (Lipinski definition) is 3. The van der Waals surface area contributed by atoms with E-state index in [-0.39, 0.29) is 0 Å². The fraction of sp³-hybridized carbons (Fsp3) is 0.286. The first-order valence-electron chi connectivity index (χ1n) is 3.70. The summed E-state index contributed by atoms with van der Waals surface area (Å²) in [7, 11) is 0. The number of rotatable bonds is 2. The van der Waals surface area contributed by atoms with Crippen molar-refractivity contribution in [1.82, 2.24) is 4.98 Å². The van der Waals surface area contributed by atoms with Crippen LogP contribution in [0.1, 0.15) is 12.0 Å². The van der Waals surface area contributed by atoms with Gasteiger partial charge in [0.2, 0.25) is 0 Å². The molecule has 0 radical (unpaired) electrons. The molecule has 0 amide bonds. The van der Waals surface area contributed by atoms with Crippen molar-refractivity contribution in [2.24, 2.45) is 0 Å². The van der Waals surface area contributed by atoms with Crippen molar-refractivity contribution >= 4 is 17.4 Å². The van der Waals surface area contributed by atoms with Crippen molar-refractivity contribution in [2.45, 2.75) is 12.8 Å². The lowest BCUT2D eigenvalue weighted by Crippen LogP contribution is -2.19. The van der Waals surface area contributed by atoms with Crippen molar-refractivity contribution in [2.75, 3.05) is 5.73 Å². The molecule has 3 nitrogen and oxygen atoms in total. The fourth-order valence-electron chi connectivity index (χ4n) is 0.929. The summed E-state index contributed by atoms with van der Waals surface area (Å²) < 4.78 is 63.7. The van der Waals surface area contributed by atoms with Gasteiger partial charge < -0.3 is 10.5 Å². The predicted octanol–water partition coefficient (Wildman–Crippen LogP) is 3.15. The lowest BCUT2D eigenvalue weighted by atomic mass is 10.2. The van der Waals surface area contributed by atoms with Crippen LogP contribution < -0.4 is 10.5 Å². The molecule has 0 fully saturated rings. The summed E-state index contributed by atoms with van der Waals surface area (Å²) in [6, 6.07) is 0.559. The quantitative estimate of drug-likeness (QED) is 0.658. The highest BCUT2D eigenvalue weighted by atomic mass is 35.5. The van der Waals surface area contributed by atoms with Crippen LogP contribution in [-0.2, 0) is 0 Å². The van der Waals surface area contributed by atoms with Gasteiger partial charge in [-0.2, -0.15) is 0 Å². The fourth-order valence-corrected chi connectivity index (χ4v) is 1.14. The minimum atomic E-state index is -5.13. The van der Waals surface area contributed by atoms with E-state index in [2.05, 4.69) is 9.72 Å². The molecule has 1 rings (SSSR count). The van der Waals surface area contributed by atoms with Gasteiger partial charge >= 0.3 is 6.36 Å². The topological polar surface area (TPSA) is 48.1 Å². The number of halogens is 6. The minimum absolute atomic E-state index is 0.442. The van der Waals surface area contributed by atoms with Gasteiger partial charge in [0.15, 0.2) is 11.6 Å². The van der Waals surface area contributed by atoms with E-state index in [1.165, 1.54) is 0 Å². The maximum atomic E-state index is 12.4. The van der Waals surface area contributed by atoms with Gasteiger partial charge in [-0.15, -0.1) is 13.2 Å². The number of nitrogens with zero attached hydrogens (tertiary/aromatic N) is 1. The summed E-state index contributed by atoms with van der Waals surface area (Å²) in [5.41, 5.74) is 3.95. The van der Waals surface area contributed by atoms with Crippen LogP contribution in [0.5, 0.6) is 5.75 Å². The van der Waals surface area contributed by atoms with E-state index in [1.54, 1.807) is 0 Å². The Labute approximate surface area is 91.0 Å². The predicted molar refractivity (Wildman–Crippen MR) is 45.3 cm³/mol. The van der Waals surface area contributed by atoms with Crippen LogP contribution in [0.3, 0.4) is 0 Å². The highest BCUT2D eigenvalue weighted by molar-refractivity contribution is 6.29. The third kappa shape index (κ3) is 3.09. The summed E-state index contributed by atoms with van der Waals surface area (Å²) >= 11 is 5.28. The number of aromatic nitrogens is 1. The zero-order valence-electron chi connectivity index (χ0n) is 7.36. The molecule has 9 heteroatoms. The molecular weight excluding hydrogens is 259 g/mol. The smallest absolute Gasteiger partial charge is 0.401 e. The highest BCUT2D eigenvalue weighted by Crippen LogP contribution is 2.37. The molecule has 0 bridgehead atoms. The van der Waals surface area contributed by atoms with Crippen LogP contribution in [0.25, 0.3) is 0 Å². The third-order valence-corrected chi connectivity index (χ3v) is 1.64. The normalized spacial score (nSPS) is 11.9. The average molecular weight is 263 g/mol. The maximum absolute atomic E-state index is 12.4. The molecule has 0 unspecified atom stereocenters. The van der Waals surface area contributed by atoms with Gasteiger partial charge in [0.25, 0.3) is 6.43 Å². The second-order valence-electron chi connectivity index (χ2n) is 2.60. The molecule has 0 spiro atoms. The molecule has 0 aromatic carbocycles. The first-order valence-corrected chi connectivity index (χ1v) is 4.08. The van der Waals surface area contributed by atoms with Crippen LogP contribution in [0, 0.1) is 0 Å². The lowest BCUT2D eigenvalue weighted by Gasteiger charge is -2.14. The summed E-state index contributed by atoms with van der Waals surface area (Å²) in [6.45, 7) is 0. The Hall–Kier alpha value is -1.31. The van der Waals surface area contributed by atoms with Crippen LogP contribution in [0.2, 0.25) is 5.15 Å². The van der Waals surface area contributed by atoms with Crippen LogP contribution in [0.4, 0.5) is 27.8 Å². The van der Waals surface area contributed by atoms with Crippen LogP contribution in [0.15, 0.2) is 6.07 Å². The Morgan fingerprint density at radius 3 is 2.38 bits per heavy atom. The second kappa shape index (κ2) is 4.28. The molecule has 0 aliphatic carbocycles. The van der Waals surface area contributed by atoms with Crippen LogP contribution >= 0.6 is 11.6 Å². The molecule has 1 heterocycles. The number of ether oxygens (including phenoxy) is 1. The maximum Gasteiger partial charge on any atom is 0.573 e. The van der Waals surface area contributed by atoms with Crippen LogP contribution in [-0.4, -0.2) is 11.3 Å². The number of alkyl halides is 5. The van der Waals surface area contributed by atoms with E-state index in [0.717, 1.165) is 0 Å². The molecule has 16 heavy (non-hydrogen) atoms. The summed E-state index contributed by atoms with van der Waals surface area (Å²) in [6.07, 6.45) is -8.34. The summed E-state index contributed by atoms with van der Waals surface area (Å²) in [4.78, 5) is 3.19. The number of nitrogen functional groups attached to an aromatic ring is 1. The Morgan fingerprint density at radius 2 is 1.94 bits per heavy atom. The molecule has 0 saturated heterocycles. The standard InChI is InChI=1S/C7H4ClF5N2O/c8-3-1-2(5(9)10)4(6(14)15-3)16-7(11,12)13/h1,5H,(H2,14,15). The van der Waals surface area contributed by atoms with Crippen molar-refractivity contribution < 1.29 is 26.7 Å². The van der Waals surface area contributed by atoms with E-state index in [0.29, 0.717) is 6.07 Å². The molecule has 1 aromatic heterocycles. The third-order valence-electron chi connectivity index (χ3n) is 1.45. The highest BCUT2D eigenvalue weighted by Gasteiger charge is 2.35. The number of hydrogen-bond donors (Lipinski definition) is 1. The van der Waals surface area contributed by atoms with Gasteiger partial charge in [-0.3, -0.25) is 0 Å². The van der Waals surface area contributed by atoms with Crippen molar-refractivity contribution in [3.8, 4) is 5.75 Å². The molecule has 90 valence electrons. The first-order chi connectivity index (χ1) is 7.20. The monoisotopic (exact) mass is 262 g/mol. The number of anilines is 1. The molecule has 1 aromatic rings. The van der Waals surface area contributed by atoms with Gasteiger partial charge in [-0.1, -0.05) is 11.6 Å². The van der Waals surface area contributed by atoms with Gasteiger partial charge in [-0.05, 0) is 6.07 Å². The molecule has 0 atom stereocenters. The molecule has 0 saturated carbocycles. The van der Waals surface area contributed by atoms with Crippen molar-refractivity contribution in [3.63, 3.8) is 0 Å². The average Bonchev–Trinajstić information content (AvgIpc) is 2.07. The van der Waals surface area contributed by atoms with Crippen molar-refractivity contribution in [3.05, 3.63) is 16.8 Å². The largest absolute Gasteiger partial charge is 0.573 e. The zero-order valence-corrected chi connectivity index (χ0v) is 8.11. The Morgan fingerprint density at radius 1 is 1.38 bits per heavy atom. The first kappa shape index (κ1) is 12.8. The lowest BCUT2D eigenvalue weighted by molar-refractivity contribution is -0.275. The van der Waals surface area contributed by atoms with E-state index < -0.39 is 35.1 Å². The van der Waals surface area contributed by atoms with Gasteiger partial charge in [0.05, 0.1) is 5.56 Å². The Kier molecular flexibility index (Phi) is 3.41. The van der Waals surface area contributed by atoms with E-state index >= 15 is 0 Å². The Balaban J connectivity index is 3.25. The van der Waals surface area contributed by atoms with E-state index in [1.807, 2.05) is 0 Å². The minimum Gasteiger partial charge on any atom is -0.401 e. The van der Waals surface area contributed by atoms with Gasteiger partial charge in [-0.25, -0.2) is 13.8 Å². The van der Waals surface area contributed by atoms with Gasteiger partial charge in [0, 0.05) is 0 Å². The van der Waals surface area contributed by atoms with E-state index in [9.17, 15) is 22.0 Å². The second-order valence-corrected chi connectivity index (χ2v) is 2.98. The summed E-state index contributed by atoms with van der Waals surface area (Å²) in [5, 5.41) is -0.442. The molecular formula is C7H4ClF5N2O. The molecule has 2 N–H and O–H groups in total. The zero-order chi connectivity index (χ0) is 12.5. The number of pyridine rings is 1. The molecule has 0 aliphatic heterocycles. The van der Waals surface area contributed by atoms with E-state index in [4.69, 9.17) is 17.3 Å². The van der Waals surface area contributed by atoms with Crippen molar-refractivity contribution in [1.29, 1.82) is 0 Å². The number of nitrogens with two attached hydrogens (primary N) is 1. The van der Waals surface area contributed by atoms with Gasteiger partial charge in [0.1, 0.15) is 5.15 Å².